The number of hydrogen-bond acceptors (Lipinski definition) is 6. The Morgan fingerprint density at radius 1 is 1.38 bits per heavy atom. The van der Waals surface area contributed by atoms with Gasteiger partial charge in [0.2, 0.25) is 11.0 Å². The summed E-state index contributed by atoms with van der Waals surface area (Å²) < 4.78 is 0.884. The highest BCUT2D eigenvalue weighted by Gasteiger charge is 2.26. The van der Waals surface area contributed by atoms with Gasteiger partial charge in [0.05, 0.1) is 5.75 Å². The van der Waals surface area contributed by atoms with Crippen molar-refractivity contribution in [3.05, 3.63) is 0 Å². The monoisotopic (exact) mass is 326 g/mol. The molecule has 116 valence electrons. The zero-order valence-corrected chi connectivity index (χ0v) is 14.0. The van der Waals surface area contributed by atoms with E-state index in [2.05, 4.69) is 22.4 Å². The molecule has 1 aromatic rings. The van der Waals surface area contributed by atoms with Crippen LogP contribution in [-0.4, -0.2) is 45.9 Å². The fraction of sp³-hybridized carbons (Fsp3) is 0.786. The highest BCUT2D eigenvalue weighted by atomic mass is 32.2. The van der Waals surface area contributed by atoms with Crippen molar-refractivity contribution in [2.45, 2.75) is 49.4 Å². The Morgan fingerprint density at radius 2 is 2.19 bits per heavy atom. The van der Waals surface area contributed by atoms with Crippen LogP contribution in [0, 0.1) is 5.92 Å². The molecule has 21 heavy (non-hydrogen) atoms. The molecule has 5 nitrogen and oxygen atoms in total. The molecule has 0 bridgehead atoms. The SMILES string of the molecule is CCCN(CC1CC1)C(=O)CSc1nnc(NC2CC2)s1. The normalized spacial score (nSPS) is 17.8. The van der Waals surface area contributed by atoms with E-state index in [1.165, 1.54) is 37.4 Å². The number of hydrogen-bond donors (Lipinski definition) is 1. The van der Waals surface area contributed by atoms with Crippen molar-refractivity contribution in [2.24, 2.45) is 5.92 Å². The summed E-state index contributed by atoms with van der Waals surface area (Å²) in [7, 11) is 0. The summed E-state index contributed by atoms with van der Waals surface area (Å²) in [6, 6.07) is 0.594. The van der Waals surface area contributed by atoms with E-state index in [4.69, 9.17) is 0 Å². The van der Waals surface area contributed by atoms with Gasteiger partial charge in [-0.3, -0.25) is 4.79 Å². The van der Waals surface area contributed by atoms with Crippen LogP contribution in [0.15, 0.2) is 4.34 Å². The summed E-state index contributed by atoms with van der Waals surface area (Å²) in [6.45, 7) is 3.94. The molecule has 2 aliphatic carbocycles. The topological polar surface area (TPSA) is 58.1 Å². The minimum absolute atomic E-state index is 0.237. The van der Waals surface area contributed by atoms with Gasteiger partial charge >= 0.3 is 0 Å². The lowest BCUT2D eigenvalue weighted by molar-refractivity contribution is -0.128. The molecule has 7 heteroatoms. The van der Waals surface area contributed by atoms with Crippen molar-refractivity contribution < 1.29 is 4.79 Å². The number of aromatic nitrogens is 2. The van der Waals surface area contributed by atoms with Crippen LogP contribution in [0.3, 0.4) is 0 Å². The second kappa shape index (κ2) is 6.96. The zero-order chi connectivity index (χ0) is 14.7. The van der Waals surface area contributed by atoms with Gasteiger partial charge in [0.25, 0.3) is 0 Å². The molecule has 2 aliphatic rings. The summed E-state index contributed by atoms with van der Waals surface area (Å²) in [5.74, 6) is 1.46. The third kappa shape index (κ3) is 4.85. The maximum atomic E-state index is 12.3. The van der Waals surface area contributed by atoms with Crippen LogP contribution in [-0.2, 0) is 4.79 Å². The van der Waals surface area contributed by atoms with E-state index in [9.17, 15) is 4.79 Å². The Balaban J connectivity index is 1.45. The van der Waals surface area contributed by atoms with Crippen LogP contribution < -0.4 is 5.32 Å². The van der Waals surface area contributed by atoms with Crippen LogP contribution >= 0.6 is 23.1 Å². The molecule has 0 atom stereocenters. The quantitative estimate of drug-likeness (QED) is 0.707. The van der Waals surface area contributed by atoms with Crippen molar-refractivity contribution in [3.8, 4) is 0 Å². The Kier molecular flexibility index (Phi) is 5.00. The van der Waals surface area contributed by atoms with Gasteiger partial charge in [-0.1, -0.05) is 30.0 Å². The van der Waals surface area contributed by atoms with Gasteiger partial charge < -0.3 is 10.2 Å². The largest absolute Gasteiger partial charge is 0.357 e. The first-order chi connectivity index (χ1) is 10.2. The Labute approximate surface area is 133 Å². The van der Waals surface area contributed by atoms with Gasteiger partial charge in [-0.05, 0) is 38.0 Å². The number of carbonyl (C=O) groups excluding carboxylic acids is 1. The molecule has 2 fully saturated rings. The predicted molar refractivity (Wildman–Crippen MR) is 86.9 cm³/mol. The molecule has 0 saturated heterocycles. The minimum atomic E-state index is 0.237. The molecule has 1 amide bonds. The maximum absolute atomic E-state index is 12.3. The van der Waals surface area contributed by atoms with E-state index in [1.807, 2.05) is 4.90 Å². The molecular formula is C14H22N4OS2. The molecule has 0 spiro atoms. The number of carbonyl (C=O) groups is 1. The number of nitrogens with zero attached hydrogens (tertiary/aromatic N) is 3. The first kappa shape index (κ1) is 15.1. The van der Waals surface area contributed by atoms with Crippen molar-refractivity contribution in [3.63, 3.8) is 0 Å². The molecule has 0 unspecified atom stereocenters. The fourth-order valence-electron chi connectivity index (χ4n) is 2.14. The fourth-order valence-corrected chi connectivity index (χ4v) is 3.87. The smallest absolute Gasteiger partial charge is 0.233 e. The average molecular weight is 326 g/mol. The highest BCUT2D eigenvalue weighted by Crippen LogP contribution is 2.32. The second-order valence-corrected chi connectivity index (χ2v) is 8.06. The zero-order valence-electron chi connectivity index (χ0n) is 12.4. The van der Waals surface area contributed by atoms with Crippen LogP contribution in [0.5, 0.6) is 0 Å². The maximum Gasteiger partial charge on any atom is 0.233 e. The third-order valence-corrected chi connectivity index (χ3v) is 5.62. The molecular weight excluding hydrogens is 304 g/mol. The molecule has 1 aromatic heterocycles. The van der Waals surface area contributed by atoms with E-state index in [0.717, 1.165) is 34.9 Å². The van der Waals surface area contributed by atoms with Gasteiger partial charge in [0.1, 0.15) is 0 Å². The van der Waals surface area contributed by atoms with E-state index in [0.29, 0.717) is 11.8 Å². The van der Waals surface area contributed by atoms with Crippen LogP contribution in [0.2, 0.25) is 0 Å². The first-order valence-corrected chi connectivity index (χ1v) is 9.55. The Hall–Kier alpha value is -0.820. The number of rotatable bonds is 9. The van der Waals surface area contributed by atoms with Gasteiger partial charge in [-0.2, -0.15) is 0 Å². The Morgan fingerprint density at radius 3 is 2.86 bits per heavy atom. The van der Waals surface area contributed by atoms with Gasteiger partial charge in [-0.15, -0.1) is 10.2 Å². The van der Waals surface area contributed by atoms with Crippen molar-refractivity contribution in [2.75, 3.05) is 24.2 Å². The number of nitrogens with one attached hydrogen (secondary N) is 1. The molecule has 1 heterocycles. The molecule has 0 aliphatic heterocycles. The van der Waals surface area contributed by atoms with Crippen molar-refractivity contribution in [1.29, 1.82) is 0 Å². The number of amides is 1. The van der Waals surface area contributed by atoms with Crippen LogP contribution in [0.4, 0.5) is 5.13 Å². The van der Waals surface area contributed by atoms with Crippen molar-refractivity contribution >= 4 is 34.1 Å². The van der Waals surface area contributed by atoms with E-state index >= 15 is 0 Å². The summed E-state index contributed by atoms with van der Waals surface area (Å²) in [4.78, 5) is 14.3. The molecule has 0 radical (unpaired) electrons. The van der Waals surface area contributed by atoms with Gasteiger partial charge in [-0.25, -0.2) is 0 Å². The lowest BCUT2D eigenvalue weighted by Gasteiger charge is -2.21. The summed E-state index contributed by atoms with van der Waals surface area (Å²) in [6.07, 6.45) is 6.05. The van der Waals surface area contributed by atoms with E-state index in [-0.39, 0.29) is 5.91 Å². The van der Waals surface area contributed by atoms with Crippen molar-refractivity contribution in [1.82, 2.24) is 15.1 Å². The summed E-state index contributed by atoms with van der Waals surface area (Å²) >= 11 is 3.07. The number of anilines is 1. The standard InChI is InChI=1S/C14H22N4OS2/c1-2-7-18(8-10-3-4-10)12(19)9-20-14-17-16-13(21-14)15-11-5-6-11/h10-11H,2-9H2,1H3,(H,15,16). The van der Waals surface area contributed by atoms with E-state index < -0.39 is 0 Å². The Bertz CT molecular complexity index is 485. The number of thioether (sulfide) groups is 1. The lowest BCUT2D eigenvalue weighted by Crippen LogP contribution is -2.34. The minimum Gasteiger partial charge on any atom is -0.357 e. The van der Waals surface area contributed by atoms with Gasteiger partial charge in [0.15, 0.2) is 4.34 Å². The average Bonchev–Trinajstić information content (AvgIpc) is 3.38. The van der Waals surface area contributed by atoms with Crippen LogP contribution in [0.25, 0.3) is 0 Å². The third-order valence-electron chi connectivity index (χ3n) is 3.65. The van der Waals surface area contributed by atoms with Gasteiger partial charge in [0, 0.05) is 19.1 Å². The molecule has 3 rings (SSSR count). The molecule has 2 saturated carbocycles. The lowest BCUT2D eigenvalue weighted by atomic mass is 10.3. The summed E-state index contributed by atoms with van der Waals surface area (Å²) in [5.41, 5.74) is 0. The van der Waals surface area contributed by atoms with E-state index in [1.54, 1.807) is 11.3 Å². The predicted octanol–water partition coefficient (Wildman–Crippen LogP) is 2.85. The molecule has 0 aromatic carbocycles. The molecule has 1 N–H and O–H groups in total. The second-order valence-electron chi connectivity index (χ2n) is 5.86. The summed E-state index contributed by atoms with van der Waals surface area (Å²) in [5, 5.41) is 12.5. The highest BCUT2D eigenvalue weighted by molar-refractivity contribution is 8.01. The first-order valence-electron chi connectivity index (χ1n) is 7.75. The van der Waals surface area contributed by atoms with Crippen LogP contribution in [0.1, 0.15) is 39.0 Å².